The number of benzene rings is 1. The van der Waals surface area contributed by atoms with Crippen molar-refractivity contribution in [1.29, 1.82) is 0 Å². The first kappa shape index (κ1) is 14.4. The van der Waals surface area contributed by atoms with E-state index in [-0.39, 0.29) is 16.6 Å². The van der Waals surface area contributed by atoms with Crippen molar-refractivity contribution in [3.8, 4) is 0 Å². The lowest BCUT2D eigenvalue weighted by molar-refractivity contribution is 0.0697. The summed E-state index contributed by atoms with van der Waals surface area (Å²) in [5.74, 6) is -1.05. The normalized spacial score (nSPS) is 14.7. The minimum atomic E-state index is -1.05. The predicted octanol–water partition coefficient (Wildman–Crippen LogP) is 3.22. The molecule has 2 amide bonds. The van der Waals surface area contributed by atoms with E-state index in [4.69, 9.17) is 16.7 Å². The Balaban J connectivity index is 2.08. The van der Waals surface area contributed by atoms with Crippen molar-refractivity contribution in [3.63, 3.8) is 0 Å². The maximum atomic E-state index is 12.1. The van der Waals surface area contributed by atoms with Gasteiger partial charge in [-0.3, -0.25) is 0 Å². The number of anilines is 1. The van der Waals surface area contributed by atoms with Crippen LogP contribution < -0.4 is 5.32 Å². The SMILES string of the molecule is CC1=CCCN(C(=O)Nc2ccc(C(=O)O)cc2Cl)C1. The fraction of sp³-hybridized carbons (Fsp3) is 0.286. The molecule has 20 heavy (non-hydrogen) atoms. The van der Waals surface area contributed by atoms with Crippen molar-refractivity contribution < 1.29 is 14.7 Å². The van der Waals surface area contributed by atoms with Gasteiger partial charge in [-0.1, -0.05) is 23.3 Å². The van der Waals surface area contributed by atoms with Gasteiger partial charge < -0.3 is 15.3 Å². The zero-order valence-corrected chi connectivity index (χ0v) is 11.8. The van der Waals surface area contributed by atoms with Gasteiger partial charge in [0.15, 0.2) is 0 Å². The molecule has 0 aromatic heterocycles. The Hall–Kier alpha value is -2.01. The number of rotatable bonds is 2. The van der Waals surface area contributed by atoms with Crippen LogP contribution in [0, 0.1) is 0 Å². The molecule has 0 spiro atoms. The number of hydrogen-bond acceptors (Lipinski definition) is 2. The van der Waals surface area contributed by atoms with Crippen LogP contribution in [0.2, 0.25) is 5.02 Å². The molecule has 106 valence electrons. The fourth-order valence-electron chi connectivity index (χ4n) is 2.03. The lowest BCUT2D eigenvalue weighted by atomic mass is 10.1. The molecule has 0 fully saturated rings. The molecule has 1 aromatic carbocycles. The van der Waals surface area contributed by atoms with Crippen LogP contribution in [0.1, 0.15) is 23.7 Å². The van der Waals surface area contributed by atoms with E-state index in [0.29, 0.717) is 18.8 Å². The maximum absolute atomic E-state index is 12.1. The van der Waals surface area contributed by atoms with Crippen molar-refractivity contribution in [2.24, 2.45) is 0 Å². The Bertz CT molecular complexity index is 584. The van der Waals surface area contributed by atoms with E-state index < -0.39 is 5.97 Å². The van der Waals surface area contributed by atoms with Gasteiger partial charge in [-0.15, -0.1) is 0 Å². The first-order valence-corrected chi connectivity index (χ1v) is 6.59. The van der Waals surface area contributed by atoms with Gasteiger partial charge in [0.2, 0.25) is 0 Å². The lowest BCUT2D eigenvalue weighted by Gasteiger charge is -2.26. The molecular weight excluding hydrogens is 280 g/mol. The van der Waals surface area contributed by atoms with Crippen LogP contribution in [-0.4, -0.2) is 35.1 Å². The van der Waals surface area contributed by atoms with Crippen LogP contribution in [0.25, 0.3) is 0 Å². The first-order chi connectivity index (χ1) is 9.47. The molecule has 2 rings (SSSR count). The van der Waals surface area contributed by atoms with Crippen molar-refractivity contribution in [2.45, 2.75) is 13.3 Å². The van der Waals surface area contributed by atoms with Crippen LogP contribution in [0.3, 0.4) is 0 Å². The van der Waals surface area contributed by atoms with E-state index in [1.165, 1.54) is 18.2 Å². The molecule has 0 saturated carbocycles. The standard InChI is InChI=1S/C14H15ClN2O3/c1-9-3-2-6-17(8-9)14(20)16-12-5-4-10(13(18)19)7-11(12)15/h3-5,7H,2,6,8H2,1H3,(H,16,20)(H,18,19). The summed E-state index contributed by atoms with van der Waals surface area (Å²) < 4.78 is 0. The van der Waals surface area contributed by atoms with E-state index in [9.17, 15) is 9.59 Å². The fourth-order valence-corrected chi connectivity index (χ4v) is 2.26. The van der Waals surface area contributed by atoms with Crippen molar-refractivity contribution in [1.82, 2.24) is 4.90 Å². The topological polar surface area (TPSA) is 69.6 Å². The zero-order chi connectivity index (χ0) is 14.7. The maximum Gasteiger partial charge on any atom is 0.335 e. The summed E-state index contributed by atoms with van der Waals surface area (Å²) in [7, 11) is 0. The number of halogens is 1. The van der Waals surface area contributed by atoms with Gasteiger partial charge >= 0.3 is 12.0 Å². The summed E-state index contributed by atoms with van der Waals surface area (Å²) in [6.07, 6.45) is 2.95. The second-order valence-electron chi connectivity index (χ2n) is 4.69. The molecule has 0 bridgehead atoms. The van der Waals surface area contributed by atoms with Gasteiger partial charge in [0.1, 0.15) is 0 Å². The Morgan fingerprint density at radius 1 is 1.40 bits per heavy atom. The van der Waals surface area contributed by atoms with Gasteiger partial charge in [-0.05, 0) is 31.5 Å². The zero-order valence-electron chi connectivity index (χ0n) is 11.0. The lowest BCUT2D eigenvalue weighted by Crippen LogP contribution is -2.38. The van der Waals surface area contributed by atoms with Gasteiger partial charge in [0, 0.05) is 13.1 Å². The molecule has 1 aliphatic rings. The largest absolute Gasteiger partial charge is 0.478 e. The highest BCUT2D eigenvalue weighted by Crippen LogP contribution is 2.24. The summed E-state index contributed by atoms with van der Waals surface area (Å²) in [6, 6.07) is 3.99. The predicted molar refractivity (Wildman–Crippen MR) is 77.4 cm³/mol. The number of nitrogens with one attached hydrogen (secondary N) is 1. The van der Waals surface area contributed by atoms with Gasteiger partial charge in [-0.2, -0.15) is 0 Å². The van der Waals surface area contributed by atoms with Crippen molar-refractivity contribution in [2.75, 3.05) is 18.4 Å². The Morgan fingerprint density at radius 2 is 2.15 bits per heavy atom. The summed E-state index contributed by atoms with van der Waals surface area (Å²) in [6.45, 7) is 3.23. The van der Waals surface area contributed by atoms with Crippen LogP contribution in [-0.2, 0) is 0 Å². The number of carbonyl (C=O) groups is 2. The molecule has 0 atom stereocenters. The molecule has 0 radical (unpaired) electrons. The van der Waals surface area contributed by atoms with Crippen LogP contribution >= 0.6 is 11.6 Å². The quantitative estimate of drug-likeness (QED) is 0.823. The molecular formula is C14H15ClN2O3. The average molecular weight is 295 g/mol. The number of nitrogens with zero attached hydrogens (tertiary/aromatic N) is 1. The number of amides is 2. The molecule has 0 aliphatic carbocycles. The van der Waals surface area contributed by atoms with Gasteiger partial charge in [0.25, 0.3) is 0 Å². The Kier molecular flexibility index (Phi) is 4.29. The van der Waals surface area contributed by atoms with E-state index in [0.717, 1.165) is 12.0 Å². The van der Waals surface area contributed by atoms with E-state index in [2.05, 4.69) is 11.4 Å². The highest BCUT2D eigenvalue weighted by Gasteiger charge is 2.17. The molecule has 2 N–H and O–H groups in total. The van der Waals surface area contributed by atoms with Gasteiger partial charge in [0.05, 0.1) is 16.3 Å². The third-order valence-corrected chi connectivity index (χ3v) is 3.39. The minimum Gasteiger partial charge on any atom is -0.478 e. The Labute approximate surface area is 121 Å². The number of hydrogen-bond donors (Lipinski definition) is 2. The second kappa shape index (κ2) is 5.96. The third-order valence-electron chi connectivity index (χ3n) is 3.08. The second-order valence-corrected chi connectivity index (χ2v) is 5.10. The smallest absolute Gasteiger partial charge is 0.335 e. The van der Waals surface area contributed by atoms with Crippen LogP contribution in [0.5, 0.6) is 0 Å². The number of urea groups is 1. The van der Waals surface area contributed by atoms with Crippen molar-refractivity contribution in [3.05, 3.63) is 40.4 Å². The number of aromatic carboxylic acids is 1. The van der Waals surface area contributed by atoms with Gasteiger partial charge in [-0.25, -0.2) is 9.59 Å². The highest BCUT2D eigenvalue weighted by molar-refractivity contribution is 6.34. The number of carbonyl (C=O) groups excluding carboxylic acids is 1. The van der Waals surface area contributed by atoms with E-state index >= 15 is 0 Å². The van der Waals surface area contributed by atoms with E-state index in [1.54, 1.807) is 4.90 Å². The highest BCUT2D eigenvalue weighted by atomic mass is 35.5. The summed E-state index contributed by atoms with van der Waals surface area (Å²) in [5, 5.41) is 11.8. The molecule has 1 aliphatic heterocycles. The summed E-state index contributed by atoms with van der Waals surface area (Å²) >= 11 is 5.98. The average Bonchev–Trinajstić information content (AvgIpc) is 2.40. The molecule has 0 saturated heterocycles. The molecule has 6 heteroatoms. The number of carboxylic acid groups (broad SMARTS) is 1. The molecule has 1 aromatic rings. The monoisotopic (exact) mass is 294 g/mol. The van der Waals surface area contributed by atoms with Crippen LogP contribution in [0.15, 0.2) is 29.8 Å². The van der Waals surface area contributed by atoms with Crippen LogP contribution in [0.4, 0.5) is 10.5 Å². The Morgan fingerprint density at radius 3 is 2.75 bits per heavy atom. The molecule has 0 unspecified atom stereocenters. The molecule has 5 nitrogen and oxygen atoms in total. The summed E-state index contributed by atoms with van der Waals surface area (Å²) in [5.41, 5.74) is 1.65. The summed E-state index contributed by atoms with van der Waals surface area (Å²) in [4.78, 5) is 24.6. The molecule has 1 heterocycles. The first-order valence-electron chi connectivity index (χ1n) is 6.22. The van der Waals surface area contributed by atoms with Crippen molar-refractivity contribution >= 4 is 29.3 Å². The third kappa shape index (κ3) is 3.30. The minimum absolute atomic E-state index is 0.0877. The number of carboxylic acids is 1. The van der Waals surface area contributed by atoms with E-state index in [1.807, 2.05) is 6.92 Å².